The SMILES string of the molecule is CN1CCCC(Oc2nc(N3CCC4(CC3)CN(C(=O)OC(C)(C)C)C4)c3cc(I)c(Br)c(F)c3n2)CC1. The number of nitrogens with zero attached hydrogens (tertiary/aromatic N) is 5. The summed E-state index contributed by atoms with van der Waals surface area (Å²) in [4.78, 5) is 28.2. The van der Waals surface area contributed by atoms with Gasteiger partial charge in [0, 0.05) is 47.1 Å². The number of benzene rings is 1. The van der Waals surface area contributed by atoms with Gasteiger partial charge in [-0.2, -0.15) is 9.97 Å². The molecule has 1 atom stereocenters. The number of rotatable bonds is 3. The third-order valence-electron chi connectivity index (χ3n) is 7.79. The minimum Gasteiger partial charge on any atom is -0.460 e. The predicted molar refractivity (Wildman–Crippen MR) is 157 cm³/mol. The lowest BCUT2D eigenvalue weighted by molar-refractivity contribution is -0.0434. The molecule has 0 saturated carbocycles. The molecule has 0 bridgehead atoms. The molecule has 0 N–H and O–H groups in total. The average molecular weight is 704 g/mol. The molecule has 1 amide bonds. The Morgan fingerprint density at radius 3 is 2.55 bits per heavy atom. The normalized spacial score (nSPS) is 22.3. The van der Waals surface area contributed by atoms with E-state index in [1.165, 1.54) is 0 Å². The first-order valence-corrected chi connectivity index (χ1v) is 15.2. The fraction of sp³-hybridized carbons (Fsp3) is 0.667. The monoisotopic (exact) mass is 703 g/mol. The van der Waals surface area contributed by atoms with Gasteiger partial charge in [-0.25, -0.2) is 9.18 Å². The second-order valence-corrected chi connectivity index (χ2v) is 14.0. The highest BCUT2D eigenvalue weighted by Gasteiger charge is 2.48. The Hall–Kier alpha value is -1.47. The van der Waals surface area contributed by atoms with E-state index in [-0.39, 0.29) is 35.0 Å². The number of piperidine rings is 1. The van der Waals surface area contributed by atoms with Crippen LogP contribution in [0.4, 0.5) is 15.0 Å². The molecule has 2 aromatic rings. The Bertz CT molecular complexity index is 1210. The summed E-state index contributed by atoms with van der Waals surface area (Å²) in [7, 11) is 2.12. The van der Waals surface area contributed by atoms with Crippen molar-refractivity contribution in [3.05, 3.63) is 19.9 Å². The Morgan fingerprint density at radius 2 is 1.87 bits per heavy atom. The van der Waals surface area contributed by atoms with Gasteiger partial charge in [-0.3, -0.25) is 0 Å². The number of hydrogen-bond donors (Lipinski definition) is 0. The van der Waals surface area contributed by atoms with Crippen molar-refractivity contribution in [2.75, 3.05) is 51.2 Å². The lowest BCUT2D eigenvalue weighted by Crippen LogP contribution is -2.62. The van der Waals surface area contributed by atoms with E-state index in [1.807, 2.05) is 26.8 Å². The molecule has 8 nitrogen and oxygen atoms in total. The first kappa shape index (κ1) is 28.1. The van der Waals surface area contributed by atoms with Crippen LogP contribution in [0.2, 0.25) is 0 Å². The molecule has 11 heteroatoms. The van der Waals surface area contributed by atoms with E-state index >= 15 is 4.39 Å². The van der Waals surface area contributed by atoms with Crippen molar-refractivity contribution in [3.63, 3.8) is 0 Å². The molecule has 0 aliphatic carbocycles. The number of hydrogen-bond acceptors (Lipinski definition) is 7. The molecule has 0 radical (unpaired) electrons. The summed E-state index contributed by atoms with van der Waals surface area (Å²) >= 11 is 5.52. The fourth-order valence-electron chi connectivity index (χ4n) is 5.63. The summed E-state index contributed by atoms with van der Waals surface area (Å²) < 4.78 is 28.4. The maximum atomic E-state index is 15.4. The van der Waals surface area contributed by atoms with Gasteiger partial charge in [-0.15, -0.1) is 0 Å². The maximum absolute atomic E-state index is 15.4. The third kappa shape index (κ3) is 5.99. The molecular formula is C27H36BrFIN5O3. The Kier molecular flexibility index (Phi) is 8.00. The summed E-state index contributed by atoms with van der Waals surface area (Å²) in [6.45, 7) is 10.6. The number of ether oxygens (including phenoxy) is 2. The highest BCUT2D eigenvalue weighted by atomic mass is 127. The van der Waals surface area contributed by atoms with Crippen molar-refractivity contribution < 1.29 is 18.7 Å². The minimum absolute atomic E-state index is 0.0130. The van der Waals surface area contributed by atoms with Gasteiger partial charge in [-0.05, 0) is 111 Å². The van der Waals surface area contributed by atoms with E-state index < -0.39 is 5.60 Å². The van der Waals surface area contributed by atoms with Crippen molar-refractivity contribution in [2.45, 2.75) is 64.6 Å². The topological polar surface area (TPSA) is 71.0 Å². The second-order valence-electron chi connectivity index (χ2n) is 12.0. The fourth-order valence-corrected chi connectivity index (χ4v) is 6.49. The third-order valence-corrected chi connectivity index (χ3v) is 10.2. The lowest BCUT2D eigenvalue weighted by atomic mass is 9.72. The molecule has 4 heterocycles. The van der Waals surface area contributed by atoms with Crippen molar-refractivity contribution in [2.24, 2.45) is 5.41 Å². The molecular weight excluding hydrogens is 668 g/mol. The van der Waals surface area contributed by atoms with Crippen LogP contribution >= 0.6 is 38.5 Å². The molecule has 1 aromatic heterocycles. The van der Waals surface area contributed by atoms with Gasteiger partial charge in [0.25, 0.3) is 0 Å². The molecule has 3 fully saturated rings. The quantitative estimate of drug-likeness (QED) is 0.294. The van der Waals surface area contributed by atoms with Gasteiger partial charge in [0.1, 0.15) is 23.0 Å². The van der Waals surface area contributed by atoms with Crippen LogP contribution in [0.1, 0.15) is 52.9 Å². The van der Waals surface area contributed by atoms with Crippen LogP contribution < -0.4 is 9.64 Å². The van der Waals surface area contributed by atoms with Crippen LogP contribution in [0, 0.1) is 14.8 Å². The lowest BCUT2D eigenvalue weighted by Gasteiger charge is -2.53. The summed E-state index contributed by atoms with van der Waals surface area (Å²) in [5, 5.41) is 0.697. The first-order valence-electron chi connectivity index (χ1n) is 13.4. The van der Waals surface area contributed by atoms with Crippen molar-refractivity contribution >= 4 is 61.3 Å². The van der Waals surface area contributed by atoms with Crippen molar-refractivity contribution in [1.82, 2.24) is 19.8 Å². The molecule has 3 saturated heterocycles. The van der Waals surface area contributed by atoms with Gasteiger partial charge in [0.15, 0.2) is 5.82 Å². The average Bonchev–Trinajstić information content (AvgIpc) is 3.04. The predicted octanol–water partition coefficient (Wildman–Crippen LogP) is 5.84. The van der Waals surface area contributed by atoms with Gasteiger partial charge in [-0.1, -0.05) is 0 Å². The van der Waals surface area contributed by atoms with E-state index in [9.17, 15) is 4.79 Å². The number of likely N-dealkylation sites (tertiary alicyclic amines) is 2. The summed E-state index contributed by atoms with van der Waals surface area (Å²) in [5.74, 6) is 0.333. The summed E-state index contributed by atoms with van der Waals surface area (Å²) in [6, 6.07) is 2.19. The zero-order valence-electron chi connectivity index (χ0n) is 22.5. The van der Waals surface area contributed by atoms with Crippen LogP contribution in [-0.2, 0) is 4.74 Å². The Morgan fingerprint density at radius 1 is 1.16 bits per heavy atom. The molecule has 3 aliphatic rings. The van der Waals surface area contributed by atoms with Gasteiger partial charge < -0.3 is 24.2 Å². The van der Waals surface area contributed by atoms with Crippen LogP contribution in [0.15, 0.2) is 10.5 Å². The second kappa shape index (κ2) is 10.8. The van der Waals surface area contributed by atoms with E-state index in [2.05, 4.69) is 60.4 Å². The smallest absolute Gasteiger partial charge is 0.410 e. The first-order chi connectivity index (χ1) is 17.9. The number of aromatic nitrogens is 2. The van der Waals surface area contributed by atoms with Crippen LogP contribution in [-0.4, -0.2) is 83.9 Å². The number of anilines is 1. The molecule has 38 heavy (non-hydrogen) atoms. The van der Waals surface area contributed by atoms with Gasteiger partial charge >= 0.3 is 12.1 Å². The van der Waals surface area contributed by atoms with Crippen LogP contribution in [0.25, 0.3) is 10.9 Å². The van der Waals surface area contributed by atoms with E-state index in [1.54, 1.807) is 4.90 Å². The van der Waals surface area contributed by atoms with Gasteiger partial charge in [0.2, 0.25) is 0 Å². The molecule has 208 valence electrons. The molecule has 1 spiro atoms. The van der Waals surface area contributed by atoms with E-state index in [0.717, 1.165) is 67.7 Å². The zero-order chi connectivity index (χ0) is 27.2. The summed E-state index contributed by atoms with van der Waals surface area (Å²) in [6.07, 6.45) is 4.51. The molecule has 1 aromatic carbocycles. The number of fused-ring (bicyclic) bond motifs is 1. The molecule has 5 rings (SSSR count). The standard InChI is InChI=1S/C27H36BrFIN5O3/c1-26(2,3)38-25(36)35-15-27(16-35)8-12-34(13-9-27)23-18-14-19(30)20(28)21(29)22(18)31-24(32-23)37-17-6-5-10-33(4)11-7-17/h14,17H,5-13,15-16H2,1-4H3. The zero-order valence-corrected chi connectivity index (χ0v) is 26.3. The summed E-state index contributed by atoms with van der Waals surface area (Å²) in [5.41, 5.74) is -0.112. The van der Waals surface area contributed by atoms with Crippen LogP contribution in [0.5, 0.6) is 6.01 Å². The van der Waals surface area contributed by atoms with E-state index in [4.69, 9.17) is 14.5 Å². The van der Waals surface area contributed by atoms with Gasteiger partial charge in [0.05, 0.1) is 4.47 Å². The number of carbonyl (C=O) groups excluding carboxylic acids is 1. The van der Waals surface area contributed by atoms with Crippen molar-refractivity contribution in [3.8, 4) is 6.01 Å². The van der Waals surface area contributed by atoms with Crippen molar-refractivity contribution in [1.29, 1.82) is 0 Å². The number of amides is 1. The highest BCUT2D eigenvalue weighted by molar-refractivity contribution is 14.1. The van der Waals surface area contributed by atoms with Crippen LogP contribution in [0.3, 0.4) is 0 Å². The maximum Gasteiger partial charge on any atom is 0.410 e. The molecule has 1 unspecified atom stereocenters. The number of halogens is 3. The minimum atomic E-state index is -0.495. The Balaban J connectivity index is 1.35. The number of carbonyl (C=O) groups is 1. The Labute approximate surface area is 245 Å². The largest absolute Gasteiger partial charge is 0.460 e. The molecule has 3 aliphatic heterocycles. The highest BCUT2D eigenvalue weighted by Crippen LogP contribution is 2.43. The van der Waals surface area contributed by atoms with E-state index in [0.29, 0.717) is 22.9 Å².